The van der Waals surface area contributed by atoms with Gasteiger partial charge in [0.25, 0.3) is 5.91 Å². The number of carbonyl (C=O) groups is 1. The Labute approximate surface area is 168 Å². The maximum absolute atomic E-state index is 13.0. The molecule has 0 saturated heterocycles. The minimum Gasteiger partial charge on any atom is -0.499 e. The number of para-hydroxylation sites is 1. The minimum absolute atomic E-state index is 0.0981. The van der Waals surface area contributed by atoms with Crippen LogP contribution in [-0.4, -0.2) is 29.2 Å². The first kappa shape index (κ1) is 20.1. The first-order valence-corrected chi connectivity index (χ1v) is 9.00. The molecule has 0 unspecified atom stereocenters. The van der Waals surface area contributed by atoms with E-state index in [9.17, 15) is 9.59 Å². The van der Waals surface area contributed by atoms with Gasteiger partial charge in [-0.05, 0) is 37.3 Å². The zero-order valence-electron chi connectivity index (χ0n) is 17.1. The molecule has 8 nitrogen and oxygen atoms in total. The van der Waals surface area contributed by atoms with Gasteiger partial charge in [0, 0.05) is 26.8 Å². The summed E-state index contributed by atoms with van der Waals surface area (Å²) < 4.78 is 8.35. The van der Waals surface area contributed by atoms with Gasteiger partial charge in [0.1, 0.15) is 5.76 Å². The van der Waals surface area contributed by atoms with Crippen molar-refractivity contribution >= 4 is 28.3 Å². The molecule has 1 aromatic heterocycles. The predicted octanol–water partition coefficient (Wildman–Crippen LogP) is 3.50. The van der Waals surface area contributed by atoms with Crippen molar-refractivity contribution in [2.75, 3.05) is 19.1 Å². The van der Waals surface area contributed by atoms with E-state index in [0.29, 0.717) is 11.4 Å². The molecule has 2 aromatic carbocycles. The average Bonchev–Trinajstić information content (AvgIpc) is 2.97. The van der Waals surface area contributed by atoms with Crippen molar-refractivity contribution in [2.45, 2.75) is 6.92 Å². The van der Waals surface area contributed by atoms with Gasteiger partial charge in [-0.2, -0.15) is 5.11 Å². The number of hydrogen-bond donors (Lipinski definition) is 0. The van der Waals surface area contributed by atoms with E-state index in [1.807, 2.05) is 30.3 Å². The van der Waals surface area contributed by atoms with Crippen molar-refractivity contribution in [2.24, 2.45) is 24.3 Å². The number of aromatic nitrogens is 2. The molecule has 0 aliphatic rings. The van der Waals surface area contributed by atoms with E-state index in [1.54, 1.807) is 55.4 Å². The number of hydrogen-bond acceptors (Lipinski definition) is 5. The molecule has 3 rings (SSSR count). The summed E-state index contributed by atoms with van der Waals surface area (Å²) in [5.41, 5.74) is 2.76. The Balaban J connectivity index is 1.96. The largest absolute Gasteiger partial charge is 0.499 e. The molecule has 1 heterocycles. The zero-order valence-corrected chi connectivity index (χ0v) is 17.1. The maximum Gasteiger partial charge on any atom is 0.328 e. The van der Waals surface area contributed by atoms with Gasteiger partial charge < -0.3 is 9.64 Å². The van der Waals surface area contributed by atoms with Gasteiger partial charge in [-0.25, -0.2) is 4.79 Å². The van der Waals surface area contributed by atoms with Crippen LogP contribution in [0, 0.1) is 0 Å². The van der Waals surface area contributed by atoms with E-state index >= 15 is 0 Å². The standard InChI is InChI=1S/C21H23N5O3/c1-14(29-5)19(20(27)24(2)16-9-7-6-8-10-16)23-22-15-11-12-17-18(13-15)26(4)21(28)25(17)3/h6-13H,1-5H3/b19-14-,23-22?. The normalized spacial score (nSPS) is 12.3. The summed E-state index contributed by atoms with van der Waals surface area (Å²) in [5.74, 6) is 0.0159. The molecular formula is C21H23N5O3. The van der Waals surface area contributed by atoms with Gasteiger partial charge in [-0.3, -0.25) is 13.9 Å². The third kappa shape index (κ3) is 3.82. The van der Waals surface area contributed by atoms with Gasteiger partial charge >= 0.3 is 5.69 Å². The number of aryl methyl sites for hydroxylation is 2. The highest BCUT2D eigenvalue weighted by Gasteiger charge is 2.20. The van der Waals surface area contributed by atoms with Crippen molar-refractivity contribution in [1.29, 1.82) is 0 Å². The lowest BCUT2D eigenvalue weighted by Crippen LogP contribution is -2.27. The summed E-state index contributed by atoms with van der Waals surface area (Å²) in [6.45, 7) is 1.66. The molecule has 0 aliphatic carbocycles. The van der Waals surface area contributed by atoms with Crippen LogP contribution in [-0.2, 0) is 23.6 Å². The highest BCUT2D eigenvalue weighted by molar-refractivity contribution is 6.05. The fourth-order valence-corrected chi connectivity index (χ4v) is 2.95. The number of allylic oxidation sites excluding steroid dienone is 1. The minimum atomic E-state index is -0.340. The molecule has 0 bridgehead atoms. The van der Waals surface area contributed by atoms with E-state index in [0.717, 1.165) is 16.7 Å². The first-order valence-electron chi connectivity index (χ1n) is 9.00. The number of fused-ring (bicyclic) bond motifs is 1. The Morgan fingerprint density at radius 1 is 1.03 bits per heavy atom. The fraction of sp³-hybridized carbons (Fsp3) is 0.238. The average molecular weight is 393 g/mol. The summed E-state index contributed by atoms with van der Waals surface area (Å²) in [5, 5.41) is 8.39. The van der Waals surface area contributed by atoms with Crippen LogP contribution in [0.15, 0.2) is 75.0 Å². The Bertz CT molecular complexity index is 1170. The second kappa shape index (κ2) is 8.14. The summed E-state index contributed by atoms with van der Waals surface area (Å²) in [4.78, 5) is 26.5. The third-order valence-corrected chi connectivity index (χ3v) is 4.81. The van der Waals surface area contributed by atoms with Gasteiger partial charge in [0.05, 0.1) is 23.8 Å². The molecule has 0 radical (unpaired) electrons. The van der Waals surface area contributed by atoms with Crippen LogP contribution in [0.5, 0.6) is 0 Å². The Morgan fingerprint density at radius 3 is 2.34 bits per heavy atom. The van der Waals surface area contributed by atoms with Crippen LogP contribution in [0.3, 0.4) is 0 Å². The third-order valence-electron chi connectivity index (χ3n) is 4.81. The topological polar surface area (TPSA) is 81.2 Å². The summed E-state index contributed by atoms with van der Waals surface area (Å²) in [6.07, 6.45) is 0. The molecule has 0 spiro atoms. The van der Waals surface area contributed by atoms with E-state index < -0.39 is 0 Å². The molecule has 0 N–H and O–H groups in total. The lowest BCUT2D eigenvalue weighted by atomic mass is 10.2. The van der Waals surface area contributed by atoms with Crippen molar-refractivity contribution in [1.82, 2.24) is 9.13 Å². The molecule has 3 aromatic rings. The number of nitrogens with zero attached hydrogens (tertiary/aromatic N) is 5. The number of anilines is 1. The van der Waals surface area contributed by atoms with Crippen molar-refractivity contribution in [3.05, 3.63) is 70.5 Å². The number of benzene rings is 2. The molecule has 29 heavy (non-hydrogen) atoms. The molecule has 0 fully saturated rings. The van der Waals surface area contributed by atoms with E-state index in [-0.39, 0.29) is 17.3 Å². The molecule has 0 aliphatic heterocycles. The van der Waals surface area contributed by atoms with Crippen LogP contribution in [0.1, 0.15) is 6.92 Å². The molecular weight excluding hydrogens is 370 g/mol. The van der Waals surface area contributed by atoms with Crippen molar-refractivity contribution in [3.63, 3.8) is 0 Å². The molecule has 0 atom stereocenters. The first-order chi connectivity index (χ1) is 13.8. The van der Waals surface area contributed by atoms with Crippen LogP contribution >= 0.6 is 0 Å². The van der Waals surface area contributed by atoms with Crippen LogP contribution in [0.2, 0.25) is 0 Å². The Morgan fingerprint density at radius 2 is 1.69 bits per heavy atom. The van der Waals surface area contributed by atoms with Crippen LogP contribution in [0.25, 0.3) is 11.0 Å². The van der Waals surface area contributed by atoms with Crippen LogP contribution < -0.4 is 10.6 Å². The fourth-order valence-electron chi connectivity index (χ4n) is 2.95. The van der Waals surface area contributed by atoms with E-state index in [2.05, 4.69) is 10.2 Å². The molecule has 0 saturated carbocycles. The Kier molecular flexibility index (Phi) is 5.63. The number of likely N-dealkylation sites (N-methyl/N-ethyl adjacent to an activating group) is 1. The SMILES string of the molecule is CO/C(C)=C(\N=Nc1ccc2c(c1)n(C)c(=O)n2C)C(=O)N(C)c1ccccc1. The Hall–Kier alpha value is -3.68. The number of rotatable bonds is 5. The summed E-state index contributed by atoms with van der Waals surface area (Å²) >= 11 is 0. The monoisotopic (exact) mass is 393 g/mol. The quantitative estimate of drug-likeness (QED) is 0.378. The molecule has 8 heteroatoms. The van der Waals surface area contributed by atoms with E-state index in [4.69, 9.17) is 4.74 Å². The summed E-state index contributed by atoms with van der Waals surface area (Å²) in [7, 11) is 6.56. The number of imidazole rings is 1. The predicted molar refractivity (Wildman–Crippen MR) is 112 cm³/mol. The van der Waals surface area contributed by atoms with Gasteiger partial charge in [0.15, 0.2) is 5.70 Å². The highest BCUT2D eigenvalue weighted by atomic mass is 16.5. The molecule has 150 valence electrons. The van der Waals surface area contributed by atoms with Crippen LogP contribution in [0.4, 0.5) is 11.4 Å². The second-order valence-electron chi connectivity index (χ2n) is 6.58. The van der Waals surface area contributed by atoms with Crippen molar-refractivity contribution in [3.8, 4) is 0 Å². The highest BCUT2D eigenvalue weighted by Crippen LogP contribution is 2.23. The maximum atomic E-state index is 13.0. The number of ether oxygens (including phenoxy) is 1. The number of azo groups is 1. The van der Waals surface area contributed by atoms with E-state index in [1.165, 1.54) is 12.0 Å². The lowest BCUT2D eigenvalue weighted by Gasteiger charge is -2.17. The number of carbonyl (C=O) groups excluding carboxylic acids is 1. The van der Waals surface area contributed by atoms with Gasteiger partial charge in [-0.1, -0.05) is 18.2 Å². The smallest absolute Gasteiger partial charge is 0.328 e. The van der Waals surface area contributed by atoms with Gasteiger partial charge in [-0.15, -0.1) is 5.11 Å². The molecule has 1 amide bonds. The van der Waals surface area contributed by atoms with Crippen molar-refractivity contribution < 1.29 is 9.53 Å². The second-order valence-corrected chi connectivity index (χ2v) is 6.58. The zero-order chi connectivity index (χ0) is 21.1. The lowest BCUT2D eigenvalue weighted by molar-refractivity contribution is -0.115. The number of methoxy groups -OCH3 is 1. The number of amides is 1. The van der Waals surface area contributed by atoms with Gasteiger partial charge in [0.2, 0.25) is 0 Å². The summed E-state index contributed by atoms with van der Waals surface area (Å²) in [6, 6.07) is 14.6.